The van der Waals surface area contributed by atoms with Crippen molar-refractivity contribution in [2.24, 2.45) is 5.73 Å². The normalized spacial score (nSPS) is 18.2. The van der Waals surface area contributed by atoms with E-state index in [4.69, 9.17) is 5.73 Å². The molecule has 2 N–H and O–H groups in total. The minimum absolute atomic E-state index is 0. The lowest BCUT2D eigenvalue weighted by molar-refractivity contribution is 0.0784. The quantitative estimate of drug-likeness (QED) is 0.845. The molecule has 1 aliphatic heterocycles. The first-order chi connectivity index (χ1) is 7.18. The molecule has 1 aromatic heterocycles. The van der Waals surface area contributed by atoms with Gasteiger partial charge in [-0.05, 0) is 25.0 Å². The zero-order valence-corrected chi connectivity index (χ0v) is 11.3. The number of aryl methyl sites for hydroxylation is 1. The molecule has 0 spiro atoms. The smallest absolute Gasteiger partial charge is 0.272 e. The number of aromatic nitrogens is 1. The van der Waals surface area contributed by atoms with Gasteiger partial charge in [0.05, 0.1) is 0 Å². The number of rotatable bonds is 1. The van der Waals surface area contributed by atoms with Crippen molar-refractivity contribution in [3.05, 3.63) is 29.6 Å². The van der Waals surface area contributed by atoms with Crippen LogP contribution in [-0.2, 0) is 0 Å². The molecule has 0 aliphatic carbocycles. The number of nitrogens with two attached hydrogens (primary N) is 1. The number of nitrogens with zero attached hydrogens (tertiary/aromatic N) is 2. The van der Waals surface area contributed by atoms with Crippen LogP contribution in [0.15, 0.2) is 18.3 Å². The first kappa shape index (κ1) is 16.2. The van der Waals surface area contributed by atoms with Crippen LogP contribution in [0.25, 0.3) is 0 Å². The highest BCUT2D eigenvalue weighted by molar-refractivity contribution is 5.93. The Labute approximate surface area is 113 Å². The molecule has 0 aromatic carbocycles. The van der Waals surface area contributed by atoms with E-state index >= 15 is 0 Å². The Bertz CT molecular complexity index is 387. The third kappa shape index (κ3) is 3.56. The fraction of sp³-hybridized carbons (Fsp3) is 0.455. The molecule has 96 valence electrons. The lowest BCUT2D eigenvalue weighted by Gasteiger charge is -2.15. The van der Waals surface area contributed by atoms with Gasteiger partial charge in [0.25, 0.3) is 5.91 Å². The second-order valence-electron chi connectivity index (χ2n) is 3.97. The highest BCUT2D eigenvalue weighted by Gasteiger charge is 2.25. The van der Waals surface area contributed by atoms with Crippen LogP contribution in [-0.4, -0.2) is 34.9 Å². The molecule has 17 heavy (non-hydrogen) atoms. The summed E-state index contributed by atoms with van der Waals surface area (Å²) in [6.07, 6.45) is 2.54. The van der Waals surface area contributed by atoms with Gasteiger partial charge in [-0.15, -0.1) is 24.8 Å². The number of hydrogen-bond acceptors (Lipinski definition) is 3. The largest absolute Gasteiger partial charge is 0.336 e. The Morgan fingerprint density at radius 1 is 1.53 bits per heavy atom. The van der Waals surface area contributed by atoms with E-state index in [9.17, 15) is 4.79 Å². The van der Waals surface area contributed by atoms with Crippen LogP contribution < -0.4 is 5.73 Å². The van der Waals surface area contributed by atoms with Crippen molar-refractivity contribution in [1.82, 2.24) is 9.88 Å². The van der Waals surface area contributed by atoms with Crippen LogP contribution in [0.5, 0.6) is 0 Å². The van der Waals surface area contributed by atoms with Crippen molar-refractivity contribution >= 4 is 30.7 Å². The molecule has 1 saturated heterocycles. The summed E-state index contributed by atoms with van der Waals surface area (Å²) in [5, 5.41) is 0. The maximum absolute atomic E-state index is 12.0. The monoisotopic (exact) mass is 277 g/mol. The molecule has 1 aromatic rings. The molecule has 0 saturated carbocycles. The highest BCUT2D eigenvalue weighted by Crippen LogP contribution is 2.13. The summed E-state index contributed by atoms with van der Waals surface area (Å²) in [6.45, 7) is 3.29. The number of pyridine rings is 1. The molecule has 0 bridgehead atoms. The lowest BCUT2D eigenvalue weighted by atomic mass is 10.2. The van der Waals surface area contributed by atoms with Gasteiger partial charge in [0.15, 0.2) is 0 Å². The third-order valence-corrected chi connectivity index (χ3v) is 2.72. The Kier molecular flexibility index (Phi) is 6.45. The summed E-state index contributed by atoms with van der Waals surface area (Å²) in [4.78, 5) is 17.9. The summed E-state index contributed by atoms with van der Waals surface area (Å²) < 4.78 is 0. The molecule has 2 rings (SSSR count). The molecule has 2 heterocycles. The van der Waals surface area contributed by atoms with Crippen molar-refractivity contribution in [2.75, 3.05) is 13.1 Å². The van der Waals surface area contributed by atoms with Crippen molar-refractivity contribution in [2.45, 2.75) is 19.4 Å². The van der Waals surface area contributed by atoms with E-state index < -0.39 is 0 Å². The number of carbonyl (C=O) groups is 1. The van der Waals surface area contributed by atoms with Crippen molar-refractivity contribution in [3.8, 4) is 0 Å². The van der Waals surface area contributed by atoms with E-state index in [1.807, 2.05) is 19.1 Å². The molecule has 1 aliphatic rings. The van der Waals surface area contributed by atoms with Gasteiger partial charge in [0.1, 0.15) is 5.69 Å². The fourth-order valence-corrected chi connectivity index (χ4v) is 1.83. The minimum Gasteiger partial charge on any atom is -0.336 e. The van der Waals surface area contributed by atoms with Crippen LogP contribution in [0.2, 0.25) is 0 Å². The van der Waals surface area contributed by atoms with Gasteiger partial charge >= 0.3 is 0 Å². The summed E-state index contributed by atoms with van der Waals surface area (Å²) in [6, 6.07) is 3.86. The van der Waals surface area contributed by atoms with Gasteiger partial charge in [0, 0.05) is 25.3 Å². The average molecular weight is 278 g/mol. The topological polar surface area (TPSA) is 59.2 Å². The summed E-state index contributed by atoms with van der Waals surface area (Å²) >= 11 is 0. The van der Waals surface area contributed by atoms with Gasteiger partial charge in [-0.2, -0.15) is 0 Å². The first-order valence-electron chi connectivity index (χ1n) is 5.15. The van der Waals surface area contributed by atoms with Crippen LogP contribution in [0.1, 0.15) is 22.5 Å². The number of amides is 1. The average Bonchev–Trinajstić information content (AvgIpc) is 2.65. The molecule has 1 amide bonds. The molecule has 1 fully saturated rings. The maximum Gasteiger partial charge on any atom is 0.272 e. The lowest BCUT2D eigenvalue weighted by Crippen LogP contribution is -2.32. The van der Waals surface area contributed by atoms with Gasteiger partial charge in [-0.25, -0.2) is 0 Å². The fourth-order valence-electron chi connectivity index (χ4n) is 1.83. The number of carbonyl (C=O) groups excluding carboxylic acids is 1. The van der Waals surface area contributed by atoms with E-state index in [1.54, 1.807) is 11.1 Å². The van der Waals surface area contributed by atoms with E-state index in [1.165, 1.54) is 0 Å². The first-order valence-corrected chi connectivity index (χ1v) is 5.15. The highest BCUT2D eigenvalue weighted by atomic mass is 35.5. The SMILES string of the molecule is Cc1cccnc1C(=O)N1CC[C@@H](N)C1.Cl.Cl. The van der Waals surface area contributed by atoms with Gasteiger partial charge in [-0.1, -0.05) is 6.07 Å². The summed E-state index contributed by atoms with van der Waals surface area (Å²) in [7, 11) is 0. The van der Waals surface area contributed by atoms with Gasteiger partial charge in [-0.3, -0.25) is 9.78 Å². The molecule has 6 heteroatoms. The van der Waals surface area contributed by atoms with Gasteiger partial charge in [0.2, 0.25) is 0 Å². The van der Waals surface area contributed by atoms with E-state index in [-0.39, 0.29) is 36.8 Å². The van der Waals surface area contributed by atoms with Gasteiger partial charge < -0.3 is 10.6 Å². The van der Waals surface area contributed by atoms with Crippen LogP contribution in [0, 0.1) is 6.92 Å². The maximum atomic E-state index is 12.0. The third-order valence-electron chi connectivity index (χ3n) is 2.72. The van der Waals surface area contributed by atoms with Crippen molar-refractivity contribution in [3.63, 3.8) is 0 Å². The van der Waals surface area contributed by atoms with Crippen LogP contribution in [0.3, 0.4) is 0 Å². The number of likely N-dealkylation sites (tertiary alicyclic amines) is 1. The predicted molar refractivity (Wildman–Crippen MR) is 72.0 cm³/mol. The molecule has 0 unspecified atom stereocenters. The van der Waals surface area contributed by atoms with E-state index in [0.29, 0.717) is 12.2 Å². The Morgan fingerprint density at radius 2 is 2.24 bits per heavy atom. The number of halogens is 2. The zero-order chi connectivity index (χ0) is 10.8. The second-order valence-corrected chi connectivity index (χ2v) is 3.97. The van der Waals surface area contributed by atoms with Crippen molar-refractivity contribution in [1.29, 1.82) is 0 Å². The standard InChI is InChI=1S/C11H15N3O.2ClH/c1-8-3-2-5-13-10(8)11(15)14-6-4-9(12)7-14;;/h2-3,5,9H,4,6-7,12H2,1H3;2*1H/t9-;;/m1../s1. The molecule has 0 radical (unpaired) electrons. The minimum atomic E-state index is 0. The second kappa shape index (κ2) is 6.79. The Hall–Kier alpha value is -0.840. The molecule has 4 nitrogen and oxygen atoms in total. The zero-order valence-electron chi connectivity index (χ0n) is 9.63. The van der Waals surface area contributed by atoms with Crippen molar-refractivity contribution < 1.29 is 4.79 Å². The van der Waals surface area contributed by atoms with E-state index in [2.05, 4.69) is 4.98 Å². The molecular formula is C11H17Cl2N3O. The number of hydrogen-bond donors (Lipinski definition) is 1. The summed E-state index contributed by atoms with van der Waals surface area (Å²) in [5.74, 6) is 0.000972. The van der Waals surface area contributed by atoms with Crippen LogP contribution in [0.4, 0.5) is 0 Å². The predicted octanol–water partition coefficient (Wildman–Crippen LogP) is 1.41. The van der Waals surface area contributed by atoms with E-state index in [0.717, 1.165) is 18.5 Å². The Morgan fingerprint density at radius 3 is 2.76 bits per heavy atom. The summed E-state index contributed by atoms with van der Waals surface area (Å²) in [5.41, 5.74) is 7.23. The molecular weight excluding hydrogens is 261 g/mol. The van der Waals surface area contributed by atoms with Crippen LogP contribution >= 0.6 is 24.8 Å². The Balaban J connectivity index is 0.00000128. The molecule has 1 atom stereocenters.